The van der Waals surface area contributed by atoms with Gasteiger partial charge in [0, 0.05) is 0 Å². The van der Waals surface area contributed by atoms with Crippen LogP contribution in [0.25, 0.3) is 0 Å². The van der Waals surface area contributed by atoms with Gasteiger partial charge in [-0.15, -0.1) is 0 Å². The summed E-state index contributed by atoms with van der Waals surface area (Å²) in [4.78, 5) is 0. The van der Waals surface area contributed by atoms with Crippen molar-refractivity contribution in [1.29, 1.82) is 0 Å². The monoisotopic (exact) mass is 137 g/mol. The molecule has 0 nitrogen and oxygen atoms in total. The second-order valence-corrected chi connectivity index (χ2v) is 6.49. The van der Waals surface area contributed by atoms with E-state index >= 15 is 0 Å². The Hall–Kier alpha value is 0.650. The average Bonchev–Trinajstić information content (AvgIpc) is 1.65. The highest BCUT2D eigenvalue weighted by atomic mass is 33.3. The molecule has 3 heteroatoms. The van der Waals surface area contributed by atoms with Crippen molar-refractivity contribution in [2.24, 2.45) is 0 Å². The third-order valence-electron chi connectivity index (χ3n) is 0.298. The Kier molecular flexibility index (Phi) is 4.24. The zero-order chi connectivity index (χ0) is 4.99. The molecule has 0 aliphatic heterocycles. The summed E-state index contributed by atoms with van der Waals surface area (Å²) in [5.74, 6) is 0. The summed E-state index contributed by atoms with van der Waals surface area (Å²) in [6.45, 7) is 0. The first-order valence-electron chi connectivity index (χ1n) is 1.31. The third kappa shape index (κ3) is 2.87. The van der Waals surface area contributed by atoms with E-state index in [4.69, 9.17) is 5.69 Å². The first-order valence-corrected chi connectivity index (χ1v) is 6.02. The maximum Gasteiger partial charge on any atom is -0.0389 e. The molecular formula is C3H6PS2-. The quantitative estimate of drug-likeness (QED) is 0.278. The summed E-state index contributed by atoms with van der Waals surface area (Å²) in [6, 6.07) is 0. The lowest BCUT2D eigenvalue weighted by Gasteiger charge is -2.01. The van der Waals surface area contributed by atoms with Gasteiger partial charge in [0.05, 0.1) is 0 Å². The molecule has 0 fully saturated rings. The standard InChI is InChI=1S/C3H6PS2/c1-4-6(3)5-2/h3H,1H2,2H3/q-1. The summed E-state index contributed by atoms with van der Waals surface area (Å²) in [5, 5.41) is 0. The van der Waals surface area contributed by atoms with Crippen LogP contribution in [0, 0.1) is 5.69 Å². The second kappa shape index (κ2) is 3.83. The van der Waals surface area contributed by atoms with Gasteiger partial charge in [-0.25, -0.2) is 7.41 Å². The Morgan fingerprint density at radius 2 is 2.50 bits per heavy atom. The molecule has 0 amide bonds. The van der Waals surface area contributed by atoms with Crippen LogP contribution in [0.3, 0.4) is 0 Å². The van der Waals surface area contributed by atoms with Crippen molar-refractivity contribution >= 4 is 33.5 Å². The predicted octanol–water partition coefficient (Wildman–Crippen LogP) is 1.76. The van der Waals surface area contributed by atoms with E-state index in [-0.39, 0.29) is 8.95 Å². The summed E-state index contributed by atoms with van der Waals surface area (Å²) in [6.07, 6.45) is 5.58. The minimum atomic E-state index is -0.00617. The molecule has 0 atom stereocenters. The predicted molar refractivity (Wildman–Crippen MR) is 39.9 cm³/mol. The second-order valence-electron chi connectivity index (χ2n) is 0.572. The molecule has 0 unspecified atom stereocenters. The van der Waals surface area contributed by atoms with E-state index in [0.717, 1.165) is 7.41 Å². The smallest absolute Gasteiger partial charge is 0.0389 e. The highest BCUT2D eigenvalue weighted by Crippen LogP contribution is 2.11. The molecule has 0 spiro atoms. The summed E-state index contributed by atoms with van der Waals surface area (Å²) >= 11 is 0. The molecule has 0 aliphatic carbocycles. The van der Waals surface area contributed by atoms with E-state index in [0.29, 0.717) is 0 Å². The molecule has 0 saturated carbocycles. The Bertz CT molecular complexity index is 99.1. The Balaban J connectivity index is 3.34. The van der Waals surface area contributed by atoms with Crippen LogP contribution in [0.4, 0.5) is 0 Å². The lowest BCUT2D eigenvalue weighted by atomic mass is 12.0. The molecule has 0 aliphatic rings. The Morgan fingerprint density at radius 3 is 2.50 bits per heavy atom. The van der Waals surface area contributed by atoms with Crippen molar-refractivity contribution in [3.8, 4) is 5.69 Å². The third-order valence-corrected chi connectivity index (χ3v) is 4.97. The molecule has 0 bridgehead atoms. The van der Waals surface area contributed by atoms with Gasteiger partial charge in [0.15, 0.2) is 0 Å². The van der Waals surface area contributed by atoms with E-state index < -0.39 is 0 Å². The SMILES string of the molecule is C#[S-](P=C)SC. The van der Waals surface area contributed by atoms with Crippen molar-refractivity contribution in [3.05, 3.63) is 0 Å². The summed E-state index contributed by atoms with van der Waals surface area (Å²) < 4.78 is 0. The first kappa shape index (κ1) is 6.65. The van der Waals surface area contributed by atoms with Gasteiger partial charge in [-0.05, 0) is 6.26 Å². The Morgan fingerprint density at radius 1 is 2.00 bits per heavy atom. The van der Waals surface area contributed by atoms with Gasteiger partial charge >= 0.3 is 0 Å². The van der Waals surface area contributed by atoms with Gasteiger partial charge < -0.3 is 14.6 Å². The van der Waals surface area contributed by atoms with E-state index in [1.54, 1.807) is 10.8 Å². The molecule has 0 aromatic carbocycles. The van der Waals surface area contributed by atoms with Gasteiger partial charge in [-0.2, -0.15) is 0 Å². The zero-order valence-corrected chi connectivity index (χ0v) is 6.08. The van der Waals surface area contributed by atoms with Gasteiger partial charge in [0.25, 0.3) is 0 Å². The van der Waals surface area contributed by atoms with E-state index in [1.165, 1.54) is 0 Å². The number of rotatable bonds is 0. The lowest BCUT2D eigenvalue weighted by Crippen LogP contribution is -1.48. The van der Waals surface area contributed by atoms with Crippen LogP contribution in [0.5, 0.6) is 0 Å². The molecule has 0 aromatic heterocycles. The van der Waals surface area contributed by atoms with Crippen LogP contribution < -0.4 is 0 Å². The van der Waals surface area contributed by atoms with Crippen LogP contribution in [0.15, 0.2) is 0 Å². The molecule has 0 rings (SSSR count). The van der Waals surface area contributed by atoms with E-state index in [2.05, 4.69) is 6.30 Å². The largest absolute Gasteiger partial charge is 0.355 e. The van der Waals surface area contributed by atoms with Crippen molar-refractivity contribution in [3.63, 3.8) is 0 Å². The lowest BCUT2D eigenvalue weighted by molar-refractivity contribution is 2.55. The minimum absolute atomic E-state index is 0.00617. The van der Waals surface area contributed by atoms with Crippen molar-refractivity contribution in [2.75, 3.05) is 6.26 Å². The summed E-state index contributed by atoms with van der Waals surface area (Å²) in [7, 11) is 2.70. The van der Waals surface area contributed by atoms with Gasteiger partial charge in [0.1, 0.15) is 0 Å². The number of hydrogen-bond donors (Lipinski definition) is 0. The number of hydrogen-bond acceptors (Lipinski definition) is 2. The van der Waals surface area contributed by atoms with E-state index in [1.807, 2.05) is 6.26 Å². The van der Waals surface area contributed by atoms with Crippen molar-refractivity contribution in [2.45, 2.75) is 0 Å². The maximum atomic E-state index is 5.39. The van der Waals surface area contributed by atoms with Crippen LogP contribution in [-0.2, 0) is 8.95 Å². The van der Waals surface area contributed by atoms with Gasteiger partial charge in [0.2, 0.25) is 0 Å². The van der Waals surface area contributed by atoms with Crippen molar-refractivity contribution < 1.29 is 0 Å². The molecule has 0 aromatic rings. The molecule has 0 heterocycles. The fourth-order valence-corrected chi connectivity index (χ4v) is 1.42. The Labute approximate surface area is 45.8 Å². The molecule has 0 N–H and O–H groups in total. The molecule has 0 radical (unpaired) electrons. The highest BCUT2D eigenvalue weighted by molar-refractivity contribution is 8.87. The molecule has 6 heavy (non-hydrogen) atoms. The average molecular weight is 137 g/mol. The van der Waals surface area contributed by atoms with Gasteiger partial charge in [-0.1, -0.05) is 6.30 Å². The fraction of sp³-hybridized carbons (Fsp3) is 0.333. The molecule has 36 valence electrons. The van der Waals surface area contributed by atoms with Crippen LogP contribution in [-0.4, -0.2) is 12.6 Å². The zero-order valence-electron chi connectivity index (χ0n) is 3.55. The van der Waals surface area contributed by atoms with Crippen LogP contribution >= 0.6 is 18.2 Å². The maximum absolute atomic E-state index is 5.39. The van der Waals surface area contributed by atoms with Crippen molar-refractivity contribution in [1.82, 2.24) is 0 Å². The van der Waals surface area contributed by atoms with Crippen LogP contribution in [0.2, 0.25) is 0 Å². The topological polar surface area (TPSA) is 0 Å². The minimum Gasteiger partial charge on any atom is -0.355 e. The first-order chi connectivity index (χ1) is 2.81. The van der Waals surface area contributed by atoms with Crippen LogP contribution in [0.1, 0.15) is 0 Å². The highest BCUT2D eigenvalue weighted by Gasteiger charge is 1.48. The summed E-state index contributed by atoms with van der Waals surface area (Å²) in [5.41, 5.74) is 5.39. The normalized spacial score (nSPS) is 10.2. The molecular weight excluding hydrogens is 131 g/mol. The van der Waals surface area contributed by atoms with E-state index in [9.17, 15) is 0 Å². The molecule has 0 saturated heterocycles. The fourth-order valence-electron chi connectivity index (χ4n) is 0.0527. The van der Waals surface area contributed by atoms with Gasteiger partial charge in [-0.3, -0.25) is 10.8 Å².